The maximum Gasteiger partial charge on any atom is 0.252 e. The molecule has 0 aliphatic carbocycles. The van der Waals surface area contributed by atoms with Gasteiger partial charge >= 0.3 is 0 Å². The van der Waals surface area contributed by atoms with E-state index in [9.17, 15) is 4.79 Å². The Balaban J connectivity index is 1.58. The van der Waals surface area contributed by atoms with Crippen LogP contribution in [0.15, 0.2) is 79.1 Å². The average molecular weight is 345 g/mol. The lowest BCUT2D eigenvalue weighted by atomic mass is 10.1. The van der Waals surface area contributed by atoms with Gasteiger partial charge in [-0.05, 0) is 23.6 Å². The summed E-state index contributed by atoms with van der Waals surface area (Å²) in [6.45, 7) is 1.37. The molecule has 0 fully saturated rings. The molecule has 1 aromatic heterocycles. The molecule has 4 nitrogen and oxygen atoms in total. The molecule has 1 N–H and O–H groups in total. The van der Waals surface area contributed by atoms with E-state index in [4.69, 9.17) is 0 Å². The van der Waals surface area contributed by atoms with Gasteiger partial charge in [0.05, 0.1) is 17.4 Å². The van der Waals surface area contributed by atoms with Crippen LogP contribution in [0.2, 0.25) is 0 Å². The molecule has 0 spiro atoms. The third kappa shape index (κ3) is 4.93. The summed E-state index contributed by atoms with van der Waals surface area (Å²) >= 11 is 0. The normalized spacial score (nSPS) is 10.3. The van der Waals surface area contributed by atoms with Gasteiger partial charge in [-0.25, -0.2) is 0 Å². The monoisotopic (exact) mass is 345 g/mol. The Labute approximate surface area is 154 Å². The number of nitrogens with one attached hydrogen (secondary N) is 1. The number of hydrogen-bond acceptors (Lipinski definition) is 3. The van der Waals surface area contributed by atoms with Crippen molar-refractivity contribution in [2.45, 2.75) is 13.0 Å². The molecule has 26 heavy (non-hydrogen) atoms. The predicted molar refractivity (Wildman–Crippen MR) is 105 cm³/mol. The van der Waals surface area contributed by atoms with Crippen molar-refractivity contribution in [2.75, 3.05) is 18.5 Å². The summed E-state index contributed by atoms with van der Waals surface area (Å²) in [7, 11) is 2.00. The first-order chi connectivity index (χ1) is 12.7. The van der Waals surface area contributed by atoms with Crippen molar-refractivity contribution in [3.8, 4) is 0 Å². The Bertz CT molecular complexity index is 834. The highest BCUT2D eigenvalue weighted by Gasteiger charge is 2.09. The van der Waals surface area contributed by atoms with Crippen molar-refractivity contribution < 1.29 is 4.79 Å². The number of hydrogen-bond donors (Lipinski definition) is 1. The van der Waals surface area contributed by atoms with Crippen molar-refractivity contribution in [1.29, 1.82) is 0 Å². The predicted octanol–water partition coefficient (Wildman–Crippen LogP) is 3.69. The van der Waals surface area contributed by atoms with Crippen LogP contribution in [-0.2, 0) is 13.0 Å². The number of amides is 1. The maximum atomic E-state index is 12.4. The standard InChI is InChI=1S/C22H23N3O/c1-25(17-19-10-6-3-7-11-19)21-14-20(15-23-16-21)22(26)24-13-12-18-8-4-2-5-9-18/h2-11,14-16H,12-13,17H2,1H3,(H,24,26). The van der Waals surface area contributed by atoms with E-state index < -0.39 is 0 Å². The molecule has 132 valence electrons. The highest BCUT2D eigenvalue weighted by molar-refractivity contribution is 5.94. The fourth-order valence-corrected chi connectivity index (χ4v) is 2.78. The Morgan fingerprint density at radius 1 is 0.962 bits per heavy atom. The molecule has 0 bridgehead atoms. The number of carbonyl (C=O) groups is 1. The van der Waals surface area contributed by atoms with Crippen LogP contribution in [0.1, 0.15) is 21.5 Å². The van der Waals surface area contributed by atoms with Crippen LogP contribution >= 0.6 is 0 Å². The second kappa shape index (κ2) is 8.81. The minimum absolute atomic E-state index is 0.0941. The number of aromatic nitrogens is 1. The molecule has 0 saturated heterocycles. The van der Waals surface area contributed by atoms with Crippen molar-refractivity contribution in [3.63, 3.8) is 0 Å². The molecular formula is C22H23N3O. The zero-order valence-electron chi connectivity index (χ0n) is 14.9. The summed E-state index contributed by atoms with van der Waals surface area (Å²) < 4.78 is 0. The van der Waals surface area contributed by atoms with Gasteiger partial charge < -0.3 is 10.2 Å². The lowest BCUT2D eigenvalue weighted by Gasteiger charge is -2.19. The van der Waals surface area contributed by atoms with Gasteiger partial charge in [0.2, 0.25) is 0 Å². The fraction of sp³-hybridized carbons (Fsp3) is 0.182. The Morgan fingerprint density at radius 3 is 2.31 bits per heavy atom. The summed E-state index contributed by atoms with van der Waals surface area (Å²) in [5.74, 6) is -0.0941. The number of carbonyl (C=O) groups excluding carboxylic acids is 1. The molecular weight excluding hydrogens is 322 g/mol. The van der Waals surface area contributed by atoms with Crippen molar-refractivity contribution in [2.24, 2.45) is 0 Å². The van der Waals surface area contributed by atoms with Crippen LogP contribution in [0, 0.1) is 0 Å². The van der Waals surface area contributed by atoms with E-state index in [0.717, 1.165) is 18.7 Å². The Hall–Kier alpha value is -3.14. The van der Waals surface area contributed by atoms with Gasteiger partial charge in [-0.1, -0.05) is 60.7 Å². The van der Waals surface area contributed by atoms with Crippen molar-refractivity contribution in [1.82, 2.24) is 10.3 Å². The summed E-state index contributed by atoms with van der Waals surface area (Å²) in [5.41, 5.74) is 3.93. The van der Waals surface area contributed by atoms with Gasteiger partial charge in [-0.2, -0.15) is 0 Å². The number of pyridine rings is 1. The van der Waals surface area contributed by atoms with Crippen LogP contribution in [0.3, 0.4) is 0 Å². The molecule has 0 atom stereocenters. The highest BCUT2D eigenvalue weighted by atomic mass is 16.1. The van der Waals surface area contributed by atoms with Gasteiger partial charge in [0.1, 0.15) is 0 Å². The largest absolute Gasteiger partial charge is 0.369 e. The summed E-state index contributed by atoms with van der Waals surface area (Å²) in [6, 6.07) is 22.2. The van der Waals surface area contributed by atoms with E-state index in [1.54, 1.807) is 12.4 Å². The average Bonchev–Trinajstić information content (AvgIpc) is 2.69. The first-order valence-electron chi connectivity index (χ1n) is 8.74. The zero-order valence-corrected chi connectivity index (χ0v) is 14.9. The van der Waals surface area contributed by atoms with E-state index >= 15 is 0 Å². The van der Waals surface area contributed by atoms with E-state index in [2.05, 4.69) is 39.5 Å². The number of anilines is 1. The van der Waals surface area contributed by atoms with E-state index in [-0.39, 0.29) is 5.91 Å². The molecule has 3 aromatic rings. The first kappa shape index (κ1) is 17.7. The molecule has 1 heterocycles. The van der Waals surface area contributed by atoms with E-state index in [0.29, 0.717) is 12.1 Å². The lowest BCUT2D eigenvalue weighted by Crippen LogP contribution is -2.26. The summed E-state index contributed by atoms with van der Waals surface area (Å²) in [5, 5.41) is 2.97. The van der Waals surface area contributed by atoms with Gasteiger partial charge in [-0.15, -0.1) is 0 Å². The molecule has 0 aliphatic heterocycles. The van der Waals surface area contributed by atoms with Gasteiger partial charge in [-0.3, -0.25) is 9.78 Å². The van der Waals surface area contributed by atoms with Gasteiger partial charge in [0, 0.05) is 26.3 Å². The van der Waals surface area contributed by atoms with Gasteiger partial charge in [0.15, 0.2) is 0 Å². The maximum absolute atomic E-state index is 12.4. The second-order valence-corrected chi connectivity index (χ2v) is 6.26. The summed E-state index contributed by atoms with van der Waals surface area (Å²) in [6.07, 6.45) is 4.20. The van der Waals surface area contributed by atoms with Crippen LogP contribution in [-0.4, -0.2) is 24.5 Å². The lowest BCUT2D eigenvalue weighted by molar-refractivity contribution is 0.0954. The zero-order chi connectivity index (χ0) is 18.2. The number of nitrogens with zero attached hydrogens (tertiary/aromatic N) is 2. The minimum Gasteiger partial charge on any atom is -0.369 e. The third-order valence-electron chi connectivity index (χ3n) is 4.23. The molecule has 0 unspecified atom stereocenters. The van der Waals surface area contributed by atoms with E-state index in [1.807, 2.05) is 49.5 Å². The SMILES string of the molecule is CN(Cc1ccccc1)c1cncc(C(=O)NCCc2ccccc2)c1. The quantitative estimate of drug-likeness (QED) is 0.710. The second-order valence-electron chi connectivity index (χ2n) is 6.26. The molecule has 4 heteroatoms. The minimum atomic E-state index is -0.0941. The van der Waals surface area contributed by atoms with Gasteiger partial charge in [0.25, 0.3) is 5.91 Å². The van der Waals surface area contributed by atoms with Crippen LogP contribution in [0.4, 0.5) is 5.69 Å². The van der Waals surface area contributed by atoms with Crippen LogP contribution < -0.4 is 10.2 Å². The molecule has 0 aliphatic rings. The third-order valence-corrected chi connectivity index (χ3v) is 4.23. The fourth-order valence-electron chi connectivity index (χ4n) is 2.78. The molecule has 3 rings (SSSR count). The number of benzene rings is 2. The Morgan fingerprint density at radius 2 is 1.62 bits per heavy atom. The smallest absolute Gasteiger partial charge is 0.252 e. The van der Waals surface area contributed by atoms with Crippen LogP contribution in [0.25, 0.3) is 0 Å². The number of rotatable bonds is 7. The molecule has 1 amide bonds. The molecule has 0 radical (unpaired) electrons. The first-order valence-corrected chi connectivity index (χ1v) is 8.74. The van der Waals surface area contributed by atoms with Crippen LogP contribution in [0.5, 0.6) is 0 Å². The van der Waals surface area contributed by atoms with Crippen molar-refractivity contribution in [3.05, 3.63) is 95.8 Å². The highest BCUT2D eigenvalue weighted by Crippen LogP contribution is 2.16. The molecule has 2 aromatic carbocycles. The Kier molecular flexibility index (Phi) is 5.99. The summed E-state index contributed by atoms with van der Waals surface area (Å²) in [4.78, 5) is 18.7. The topological polar surface area (TPSA) is 45.2 Å². The molecule has 0 saturated carbocycles. The van der Waals surface area contributed by atoms with Crippen molar-refractivity contribution >= 4 is 11.6 Å². The van der Waals surface area contributed by atoms with E-state index in [1.165, 1.54) is 11.1 Å².